The Morgan fingerprint density at radius 1 is 1.53 bits per heavy atom. The summed E-state index contributed by atoms with van der Waals surface area (Å²) >= 11 is 9.09. The van der Waals surface area contributed by atoms with Crippen LogP contribution < -0.4 is 11.2 Å². The van der Waals surface area contributed by atoms with Crippen molar-refractivity contribution in [3.05, 3.63) is 32.1 Å². The van der Waals surface area contributed by atoms with Crippen LogP contribution >= 0.6 is 27.5 Å². The van der Waals surface area contributed by atoms with Gasteiger partial charge in [-0.2, -0.15) is 0 Å². The molecule has 4 nitrogen and oxygen atoms in total. The Balaban J connectivity index is 2.33. The van der Waals surface area contributed by atoms with Crippen LogP contribution in [0.25, 0.3) is 0 Å². The number of nitrogens with one attached hydrogen (secondary N) is 1. The van der Waals surface area contributed by atoms with Crippen LogP contribution in [0, 0.1) is 5.41 Å². The van der Waals surface area contributed by atoms with Crippen LogP contribution in [0.15, 0.2) is 15.8 Å². The van der Waals surface area contributed by atoms with Gasteiger partial charge in [0.05, 0.1) is 0 Å². The number of aromatic nitrogens is 2. The summed E-state index contributed by atoms with van der Waals surface area (Å²) in [5.41, 5.74) is -0.746. The van der Waals surface area contributed by atoms with Crippen LogP contribution in [-0.4, -0.2) is 14.9 Å². The van der Waals surface area contributed by atoms with Gasteiger partial charge < -0.3 is 0 Å². The van der Waals surface area contributed by atoms with Crippen LogP contribution in [0.2, 0.25) is 5.02 Å². The number of alkyl halides is 1. The Bertz CT molecular complexity index is 490. The van der Waals surface area contributed by atoms with E-state index in [1.807, 2.05) is 0 Å². The molecule has 0 amide bonds. The van der Waals surface area contributed by atoms with E-state index < -0.39 is 11.2 Å². The molecule has 0 spiro atoms. The molecule has 1 N–H and O–H groups in total. The fourth-order valence-electron chi connectivity index (χ4n) is 1.47. The molecule has 1 aliphatic carbocycles. The van der Waals surface area contributed by atoms with Gasteiger partial charge in [0, 0.05) is 18.1 Å². The van der Waals surface area contributed by atoms with Gasteiger partial charge in [0.1, 0.15) is 5.02 Å². The maximum atomic E-state index is 11.4. The number of H-pyrrole nitrogens is 1. The summed E-state index contributed by atoms with van der Waals surface area (Å²) in [6.07, 6.45) is 3.61. The smallest absolute Gasteiger partial charge is 0.299 e. The lowest BCUT2D eigenvalue weighted by molar-refractivity contribution is 0.458. The molecule has 1 fully saturated rings. The second-order valence-electron chi connectivity index (χ2n) is 4.00. The van der Waals surface area contributed by atoms with E-state index in [0.29, 0.717) is 6.54 Å². The van der Waals surface area contributed by atoms with Crippen LogP contribution in [0.5, 0.6) is 0 Å². The molecule has 0 aromatic carbocycles. The molecule has 0 atom stereocenters. The fourth-order valence-corrected chi connectivity index (χ4v) is 2.38. The number of halogens is 2. The zero-order valence-corrected chi connectivity index (χ0v) is 10.3. The summed E-state index contributed by atoms with van der Waals surface area (Å²) < 4.78 is 1.47. The van der Waals surface area contributed by atoms with E-state index in [0.717, 1.165) is 18.2 Å². The highest BCUT2D eigenvalue weighted by atomic mass is 79.9. The van der Waals surface area contributed by atoms with Gasteiger partial charge >= 0.3 is 5.69 Å². The van der Waals surface area contributed by atoms with Gasteiger partial charge in [0.2, 0.25) is 0 Å². The first-order valence-corrected chi connectivity index (χ1v) is 6.11. The molecule has 1 aromatic heterocycles. The summed E-state index contributed by atoms with van der Waals surface area (Å²) in [4.78, 5) is 24.7. The van der Waals surface area contributed by atoms with Crippen molar-refractivity contribution in [3.63, 3.8) is 0 Å². The van der Waals surface area contributed by atoms with Gasteiger partial charge in [0.25, 0.3) is 5.56 Å². The number of nitrogens with zero attached hydrogens (tertiary/aromatic N) is 1. The summed E-state index contributed by atoms with van der Waals surface area (Å²) in [5, 5.41) is 0.920. The lowest BCUT2D eigenvalue weighted by Gasteiger charge is -2.12. The first-order valence-electron chi connectivity index (χ1n) is 4.62. The van der Waals surface area contributed by atoms with Gasteiger partial charge in [0.15, 0.2) is 0 Å². The molecule has 0 radical (unpaired) electrons. The highest BCUT2D eigenvalue weighted by Crippen LogP contribution is 2.48. The van der Waals surface area contributed by atoms with Gasteiger partial charge in [-0.1, -0.05) is 27.5 Å². The Morgan fingerprint density at radius 2 is 2.20 bits per heavy atom. The second kappa shape index (κ2) is 3.79. The zero-order chi connectivity index (χ0) is 11.1. The number of aromatic amines is 1. The molecule has 15 heavy (non-hydrogen) atoms. The second-order valence-corrected chi connectivity index (χ2v) is 4.97. The molecule has 82 valence electrons. The van der Waals surface area contributed by atoms with E-state index in [1.165, 1.54) is 10.8 Å². The van der Waals surface area contributed by atoms with Crippen molar-refractivity contribution in [1.82, 2.24) is 9.55 Å². The summed E-state index contributed by atoms with van der Waals surface area (Å²) in [7, 11) is 0. The van der Waals surface area contributed by atoms with E-state index in [2.05, 4.69) is 20.9 Å². The van der Waals surface area contributed by atoms with E-state index in [1.54, 1.807) is 0 Å². The standard InChI is InChI=1S/C9H10BrClN2O2/c10-4-9(1-2-9)5-13-3-6(11)7(14)12-8(13)15/h3H,1-2,4-5H2,(H,12,14,15). The fraction of sp³-hybridized carbons (Fsp3) is 0.556. The topological polar surface area (TPSA) is 54.9 Å². The minimum absolute atomic E-state index is 0.0555. The van der Waals surface area contributed by atoms with E-state index >= 15 is 0 Å². The molecule has 1 heterocycles. The highest BCUT2D eigenvalue weighted by molar-refractivity contribution is 9.09. The van der Waals surface area contributed by atoms with E-state index in [9.17, 15) is 9.59 Å². The van der Waals surface area contributed by atoms with Crippen molar-refractivity contribution >= 4 is 27.5 Å². The van der Waals surface area contributed by atoms with Crippen molar-refractivity contribution < 1.29 is 0 Å². The van der Waals surface area contributed by atoms with Crippen molar-refractivity contribution in [2.75, 3.05) is 5.33 Å². The van der Waals surface area contributed by atoms with Crippen LogP contribution in [-0.2, 0) is 6.54 Å². The predicted molar refractivity (Wildman–Crippen MR) is 61.8 cm³/mol. The molecular formula is C9H10BrClN2O2. The molecule has 0 bridgehead atoms. The number of hydrogen-bond acceptors (Lipinski definition) is 2. The van der Waals surface area contributed by atoms with Crippen molar-refractivity contribution in [3.8, 4) is 0 Å². The molecule has 0 saturated heterocycles. The molecule has 6 heteroatoms. The minimum atomic E-state index is -0.526. The third kappa shape index (κ3) is 2.18. The first-order chi connectivity index (χ1) is 7.06. The third-order valence-electron chi connectivity index (χ3n) is 2.71. The quantitative estimate of drug-likeness (QED) is 0.856. The Labute approximate surface area is 99.4 Å². The predicted octanol–water partition coefficient (Wildman–Crippen LogP) is 1.37. The Kier molecular flexibility index (Phi) is 2.77. The summed E-state index contributed by atoms with van der Waals surface area (Å²) in [6.45, 7) is 0.605. The lowest BCUT2D eigenvalue weighted by Crippen LogP contribution is -2.32. The van der Waals surface area contributed by atoms with Crippen LogP contribution in [0.1, 0.15) is 12.8 Å². The lowest BCUT2D eigenvalue weighted by atomic mass is 10.1. The maximum Gasteiger partial charge on any atom is 0.328 e. The maximum absolute atomic E-state index is 11.4. The van der Waals surface area contributed by atoms with Crippen LogP contribution in [0.4, 0.5) is 0 Å². The largest absolute Gasteiger partial charge is 0.328 e. The van der Waals surface area contributed by atoms with Gasteiger partial charge in [-0.3, -0.25) is 14.3 Å². The molecule has 1 aromatic rings. The number of rotatable bonds is 3. The molecule has 0 unspecified atom stereocenters. The van der Waals surface area contributed by atoms with E-state index in [4.69, 9.17) is 11.6 Å². The summed E-state index contributed by atoms with van der Waals surface area (Å²) in [6, 6.07) is 0. The highest BCUT2D eigenvalue weighted by Gasteiger charge is 2.42. The first kappa shape index (κ1) is 11.0. The van der Waals surface area contributed by atoms with Crippen molar-refractivity contribution in [2.24, 2.45) is 5.41 Å². The average molecular weight is 294 g/mol. The monoisotopic (exact) mass is 292 g/mol. The van der Waals surface area contributed by atoms with Crippen molar-refractivity contribution in [1.29, 1.82) is 0 Å². The molecule has 0 aliphatic heterocycles. The molecular weight excluding hydrogens is 283 g/mol. The number of hydrogen-bond donors (Lipinski definition) is 1. The third-order valence-corrected chi connectivity index (χ3v) is 4.17. The zero-order valence-electron chi connectivity index (χ0n) is 7.93. The van der Waals surface area contributed by atoms with E-state index in [-0.39, 0.29) is 10.4 Å². The molecule has 1 saturated carbocycles. The SMILES string of the molecule is O=c1[nH]c(=O)n(CC2(CBr)CC2)cc1Cl. The Morgan fingerprint density at radius 3 is 2.73 bits per heavy atom. The minimum Gasteiger partial charge on any atom is -0.299 e. The molecule has 1 aliphatic rings. The normalized spacial score (nSPS) is 17.7. The van der Waals surface area contributed by atoms with Crippen molar-refractivity contribution in [2.45, 2.75) is 19.4 Å². The van der Waals surface area contributed by atoms with Gasteiger partial charge in [-0.25, -0.2) is 4.79 Å². The Hall–Kier alpha value is -0.550. The molecule has 2 rings (SSSR count). The summed E-state index contributed by atoms with van der Waals surface area (Å²) in [5.74, 6) is 0. The van der Waals surface area contributed by atoms with Crippen LogP contribution in [0.3, 0.4) is 0 Å². The average Bonchev–Trinajstić information content (AvgIpc) is 2.95. The van der Waals surface area contributed by atoms with Gasteiger partial charge in [-0.15, -0.1) is 0 Å². The van der Waals surface area contributed by atoms with Gasteiger partial charge in [-0.05, 0) is 18.3 Å².